The number of rotatable bonds is 7. The van der Waals surface area contributed by atoms with Gasteiger partial charge in [0.2, 0.25) is 0 Å². The van der Waals surface area contributed by atoms with E-state index in [-0.39, 0.29) is 11.8 Å². The molecule has 2 N–H and O–H groups in total. The van der Waals surface area contributed by atoms with Gasteiger partial charge in [-0.1, -0.05) is 12.1 Å². The highest BCUT2D eigenvalue weighted by molar-refractivity contribution is 5.30. The quantitative estimate of drug-likeness (QED) is 0.816. The molecule has 1 fully saturated rings. The van der Waals surface area contributed by atoms with Crippen molar-refractivity contribution in [1.29, 1.82) is 0 Å². The van der Waals surface area contributed by atoms with Crippen LogP contribution in [0.2, 0.25) is 0 Å². The Morgan fingerprint density at radius 1 is 1.33 bits per heavy atom. The van der Waals surface area contributed by atoms with Crippen molar-refractivity contribution in [3.8, 4) is 5.75 Å². The normalized spacial score (nSPS) is 16.9. The van der Waals surface area contributed by atoms with Crippen LogP contribution >= 0.6 is 0 Å². The predicted molar refractivity (Wildman–Crippen MR) is 63.5 cm³/mol. The van der Waals surface area contributed by atoms with E-state index in [1.54, 1.807) is 12.1 Å². The molecule has 0 amide bonds. The number of hydrogen-bond donors (Lipinski definition) is 1. The van der Waals surface area contributed by atoms with Gasteiger partial charge in [-0.05, 0) is 36.5 Å². The van der Waals surface area contributed by atoms with Gasteiger partial charge < -0.3 is 15.2 Å². The van der Waals surface area contributed by atoms with E-state index in [1.807, 2.05) is 0 Å². The van der Waals surface area contributed by atoms with E-state index in [4.69, 9.17) is 10.5 Å². The van der Waals surface area contributed by atoms with Crippen molar-refractivity contribution >= 4 is 0 Å². The van der Waals surface area contributed by atoms with Crippen molar-refractivity contribution < 1.29 is 18.3 Å². The third-order valence-corrected chi connectivity index (χ3v) is 2.86. The Balaban J connectivity index is 1.85. The highest BCUT2D eigenvalue weighted by Crippen LogP contribution is 2.29. The first-order valence-corrected chi connectivity index (χ1v) is 6.03. The zero-order valence-corrected chi connectivity index (χ0v) is 10.0. The minimum atomic E-state index is -2.82. The first-order valence-electron chi connectivity index (χ1n) is 6.03. The van der Waals surface area contributed by atoms with Crippen LogP contribution in [-0.2, 0) is 4.74 Å². The minimum Gasteiger partial charge on any atom is -0.435 e. The fourth-order valence-corrected chi connectivity index (χ4v) is 1.66. The van der Waals surface area contributed by atoms with Gasteiger partial charge in [0, 0.05) is 6.61 Å². The van der Waals surface area contributed by atoms with Gasteiger partial charge in [0.05, 0.1) is 12.6 Å². The summed E-state index contributed by atoms with van der Waals surface area (Å²) in [7, 11) is 0. The van der Waals surface area contributed by atoms with Gasteiger partial charge in [-0.15, -0.1) is 0 Å². The smallest absolute Gasteiger partial charge is 0.387 e. The lowest BCUT2D eigenvalue weighted by Gasteiger charge is -2.14. The molecular weight excluding hydrogens is 240 g/mol. The lowest BCUT2D eigenvalue weighted by molar-refractivity contribution is -0.0499. The van der Waals surface area contributed by atoms with Gasteiger partial charge in [0.15, 0.2) is 0 Å². The molecule has 1 aliphatic carbocycles. The Morgan fingerprint density at radius 2 is 2.11 bits per heavy atom. The summed E-state index contributed by atoms with van der Waals surface area (Å²) >= 11 is 0. The maximum absolute atomic E-state index is 12.1. The summed E-state index contributed by atoms with van der Waals surface area (Å²) < 4.78 is 34.0. The average Bonchev–Trinajstić information content (AvgIpc) is 3.12. The molecule has 0 heterocycles. The Labute approximate surface area is 105 Å². The molecule has 1 aromatic rings. The van der Waals surface area contributed by atoms with Gasteiger partial charge >= 0.3 is 6.61 Å². The fourth-order valence-electron chi connectivity index (χ4n) is 1.66. The largest absolute Gasteiger partial charge is 0.435 e. The van der Waals surface area contributed by atoms with Crippen LogP contribution in [0.25, 0.3) is 0 Å². The topological polar surface area (TPSA) is 44.5 Å². The zero-order valence-electron chi connectivity index (χ0n) is 10.0. The van der Waals surface area contributed by atoms with E-state index in [0.29, 0.717) is 12.5 Å². The summed E-state index contributed by atoms with van der Waals surface area (Å²) in [6, 6.07) is 6.12. The Hall–Kier alpha value is -1.20. The number of ether oxygens (including phenoxy) is 2. The number of hydrogen-bond acceptors (Lipinski definition) is 3. The third kappa shape index (κ3) is 4.23. The molecule has 3 nitrogen and oxygen atoms in total. The van der Waals surface area contributed by atoms with Gasteiger partial charge in [0.1, 0.15) is 5.75 Å². The highest BCUT2D eigenvalue weighted by atomic mass is 19.3. The molecule has 2 rings (SSSR count). The molecule has 0 bridgehead atoms. The summed E-state index contributed by atoms with van der Waals surface area (Å²) in [5, 5.41) is 0. The molecule has 1 unspecified atom stereocenters. The second-order valence-corrected chi connectivity index (χ2v) is 4.54. The van der Waals surface area contributed by atoms with Crippen LogP contribution < -0.4 is 10.5 Å². The minimum absolute atomic E-state index is 0.125. The summed E-state index contributed by atoms with van der Waals surface area (Å²) in [6.07, 6.45) is 2.46. The van der Waals surface area contributed by atoms with E-state index in [2.05, 4.69) is 4.74 Å². The van der Waals surface area contributed by atoms with Gasteiger partial charge in [-0.3, -0.25) is 0 Å². The third-order valence-electron chi connectivity index (χ3n) is 2.86. The summed E-state index contributed by atoms with van der Waals surface area (Å²) in [5.41, 5.74) is 6.67. The van der Waals surface area contributed by atoms with Crippen molar-refractivity contribution in [3.05, 3.63) is 29.8 Å². The first kappa shape index (κ1) is 13.2. The van der Waals surface area contributed by atoms with E-state index < -0.39 is 6.61 Å². The molecule has 1 atom stereocenters. The lowest BCUT2D eigenvalue weighted by atomic mass is 10.1. The zero-order chi connectivity index (χ0) is 13.0. The Kier molecular flexibility index (Phi) is 4.49. The molecule has 1 aromatic carbocycles. The van der Waals surface area contributed by atoms with E-state index in [1.165, 1.54) is 25.0 Å². The number of benzene rings is 1. The van der Waals surface area contributed by atoms with Crippen LogP contribution in [-0.4, -0.2) is 19.8 Å². The highest BCUT2D eigenvalue weighted by Gasteiger charge is 2.21. The van der Waals surface area contributed by atoms with Crippen molar-refractivity contribution in [1.82, 2.24) is 0 Å². The number of halogens is 2. The molecule has 0 radical (unpaired) electrons. The molecule has 1 saturated carbocycles. The molecule has 0 saturated heterocycles. The van der Waals surface area contributed by atoms with Gasteiger partial charge in [-0.2, -0.15) is 8.78 Å². The van der Waals surface area contributed by atoms with E-state index in [9.17, 15) is 8.78 Å². The SMILES string of the molecule is NC(COCC1CC1)c1cccc(OC(F)F)c1. The molecule has 0 spiro atoms. The second-order valence-electron chi connectivity index (χ2n) is 4.54. The standard InChI is InChI=1S/C13H17F2NO2/c14-13(15)18-11-3-1-2-10(6-11)12(16)8-17-7-9-4-5-9/h1-3,6,9,12-13H,4-5,7-8,16H2. The monoisotopic (exact) mass is 257 g/mol. The first-order chi connectivity index (χ1) is 8.65. The van der Waals surface area contributed by atoms with Crippen LogP contribution in [0.4, 0.5) is 8.78 Å². The molecule has 5 heteroatoms. The van der Waals surface area contributed by atoms with Crippen LogP contribution in [0.1, 0.15) is 24.4 Å². The average molecular weight is 257 g/mol. The van der Waals surface area contributed by atoms with E-state index >= 15 is 0 Å². The van der Waals surface area contributed by atoms with E-state index in [0.717, 1.165) is 12.2 Å². The molecule has 18 heavy (non-hydrogen) atoms. The summed E-state index contributed by atoms with van der Waals surface area (Å²) in [6.45, 7) is -1.68. The number of alkyl halides is 2. The molecule has 100 valence electrons. The second kappa shape index (κ2) is 6.11. The summed E-state index contributed by atoms with van der Waals surface area (Å²) in [4.78, 5) is 0. The maximum Gasteiger partial charge on any atom is 0.387 e. The predicted octanol–water partition coefficient (Wildman–Crippen LogP) is 2.71. The molecular formula is C13H17F2NO2. The van der Waals surface area contributed by atoms with Gasteiger partial charge in [-0.25, -0.2) is 0 Å². The van der Waals surface area contributed by atoms with Crippen LogP contribution in [0, 0.1) is 5.92 Å². The number of nitrogens with two attached hydrogens (primary N) is 1. The summed E-state index contributed by atoms with van der Waals surface area (Å²) in [5.74, 6) is 0.811. The van der Waals surface area contributed by atoms with Gasteiger partial charge in [0.25, 0.3) is 0 Å². The fraction of sp³-hybridized carbons (Fsp3) is 0.538. The van der Waals surface area contributed by atoms with Crippen molar-refractivity contribution in [2.75, 3.05) is 13.2 Å². The Bertz CT molecular complexity index is 383. The van der Waals surface area contributed by atoms with Crippen LogP contribution in [0.15, 0.2) is 24.3 Å². The maximum atomic E-state index is 12.1. The Morgan fingerprint density at radius 3 is 2.78 bits per heavy atom. The molecule has 0 aromatic heterocycles. The van der Waals surface area contributed by atoms with Crippen LogP contribution in [0.3, 0.4) is 0 Å². The van der Waals surface area contributed by atoms with Crippen LogP contribution in [0.5, 0.6) is 5.75 Å². The molecule has 0 aliphatic heterocycles. The van der Waals surface area contributed by atoms with Crippen molar-refractivity contribution in [2.24, 2.45) is 11.7 Å². The molecule has 1 aliphatic rings. The lowest BCUT2D eigenvalue weighted by Crippen LogP contribution is -2.18. The van der Waals surface area contributed by atoms with Crippen molar-refractivity contribution in [2.45, 2.75) is 25.5 Å². The van der Waals surface area contributed by atoms with Crippen molar-refractivity contribution in [3.63, 3.8) is 0 Å².